The Morgan fingerprint density at radius 3 is 2.69 bits per heavy atom. The summed E-state index contributed by atoms with van der Waals surface area (Å²) in [6.45, 7) is 4.74. The number of epoxide rings is 1. The van der Waals surface area contributed by atoms with E-state index >= 15 is 0 Å². The lowest BCUT2D eigenvalue weighted by atomic mass is 10.2. The van der Waals surface area contributed by atoms with Gasteiger partial charge in [0.05, 0.1) is 19.8 Å². The van der Waals surface area contributed by atoms with Crippen LogP contribution in [0, 0.1) is 5.92 Å². The van der Waals surface area contributed by atoms with Crippen molar-refractivity contribution >= 4 is 7.82 Å². The number of hydrogen-bond acceptors (Lipinski definition) is 4. The molecule has 0 spiro atoms. The third-order valence-electron chi connectivity index (χ3n) is 1.40. The van der Waals surface area contributed by atoms with Gasteiger partial charge in [0.25, 0.3) is 0 Å². The van der Waals surface area contributed by atoms with Crippen LogP contribution in [0.2, 0.25) is 0 Å². The lowest BCUT2D eigenvalue weighted by molar-refractivity contribution is 0.129. The van der Waals surface area contributed by atoms with E-state index in [0.29, 0.717) is 6.61 Å². The topological polar surface area (TPSA) is 68.3 Å². The predicted molar refractivity (Wildman–Crippen MR) is 46.3 cm³/mol. The molecule has 0 aliphatic carbocycles. The molecule has 1 rings (SSSR count). The second-order valence-electron chi connectivity index (χ2n) is 3.41. The van der Waals surface area contributed by atoms with Gasteiger partial charge in [-0.2, -0.15) is 0 Å². The maximum atomic E-state index is 11.1. The van der Waals surface area contributed by atoms with Crippen molar-refractivity contribution in [1.29, 1.82) is 0 Å². The summed E-state index contributed by atoms with van der Waals surface area (Å²) in [5.41, 5.74) is 0. The molecule has 0 radical (unpaired) electrons. The molecule has 1 aliphatic heterocycles. The van der Waals surface area contributed by atoms with Crippen LogP contribution in [0.3, 0.4) is 0 Å². The van der Waals surface area contributed by atoms with Crippen molar-refractivity contribution in [2.24, 2.45) is 5.92 Å². The largest absolute Gasteiger partial charge is 0.472 e. The second kappa shape index (κ2) is 4.53. The van der Waals surface area contributed by atoms with E-state index in [1.54, 1.807) is 0 Å². The van der Waals surface area contributed by atoms with E-state index < -0.39 is 7.82 Å². The lowest BCUT2D eigenvalue weighted by Crippen LogP contribution is -2.05. The first-order valence-corrected chi connectivity index (χ1v) is 5.72. The van der Waals surface area contributed by atoms with Crippen LogP contribution in [0.25, 0.3) is 0 Å². The molecule has 1 aliphatic rings. The molecule has 0 amide bonds. The summed E-state index contributed by atoms with van der Waals surface area (Å²) < 4.78 is 25.3. The summed E-state index contributed by atoms with van der Waals surface area (Å²) >= 11 is 0. The van der Waals surface area contributed by atoms with Crippen molar-refractivity contribution in [2.75, 3.05) is 19.8 Å². The molecule has 1 heterocycles. The van der Waals surface area contributed by atoms with Gasteiger partial charge in [0.1, 0.15) is 6.10 Å². The summed E-state index contributed by atoms with van der Waals surface area (Å²) in [5, 5.41) is 0. The Kier molecular flexibility index (Phi) is 3.88. The van der Waals surface area contributed by atoms with Gasteiger partial charge < -0.3 is 9.63 Å². The number of phosphoric acid groups is 1. The highest BCUT2D eigenvalue weighted by Gasteiger charge is 2.29. The van der Waals surface area contributed by atoms with Gasteiger partial charge in [-0.1, -0.05) is 13.8 Å². The first-order valence-electron chi connectivity index (χ1n) is 4.23. The molecule has 1 fully saturated rings. The predicted octanol–water partition coefficient (Wildman–Crippen LogP) is 1.17. The fourth-order valence-corrected chi connectivity index (χ4v) is 1.54. The van der Waals surface area contributed by atoms with E-state index in [0.717, 1.165) is 0 Å². The highest BCUT2D eigenvalue weighted by Crippen LogP contribution is 2.44. The Balaban J connectivity index is 2.15. The summed E-state index contributed by atoms with van der Waals surface area (Å²) in [4.78, 5) is 9.10. The molecule has 1 N–H and O–H groups in total. The number of rotatable bonds is 6. The summed E-state index contributed by atoms with van der Waals surface area (Å²) in [6, 6.07) is 0. The number of ether oxygens (including phenoxy) is 1. The highest BCUT2D eigenvalue weighted by atomic mass is 31.2. The molecule has 0 aromatic rings. The van der Waals surface area contributed by atoms with Crippen LogP contribution in [-0.4, -0.2) is 30.8 Å². The molecule has 5 nitrogen and oxygen atoms in total. The minimum absolute atomic E-state index is 0.0249. The van der Waals surface area contributed by atoms with Gasteiger partial charge in [-0.15, -0.1) is 0 Å². The van der Waals surface area contributed by atoms with Crippen LogP contribution in [0.5, 0.6) is 0 Å². The molecule has 1 saturated heterocycles. The van der Waals surface area contributed by atoms with Gasteiger partial charge in [-0.05, 0) is 5.92 Å². The summed E-state index contributed by atoms with van der Waals surface area (Å²) in [6.07, 6.45) is -0.0249. The van der Waals surface area contributed by atoms with Crippen molar-refractivity contribution < 1.29 is 23.2 Å². The van der Waals surface area contributed by atoms with E-state index in [4.69, 9.17) is 14.2 Å². The lowest BCUT2D eigenvalue weighted by Gasteiger charge is -2.12. The van der Waals surface area contributed by atoms with Crippen LogP contribution in [0.1, 0.15) is 13.8 Å². The van der Waals surface area contributed by atoms with Crippen molar-refractivity contribution in [3.8, 4) is 0 Å². The SMILES string of the molecule is CC(C)COP(=O)(O)OCC1CO1. The number of phosphoric ester groups is 1. The Morgan fingerprint density at radius 2 is 2.23 bits per heavy atom. The molecule has 6 heteroatoms. The third kappa shape index (κ3) is 5.39. The zero-order valence-corrected chi connectivity index (χ0v) is 8.70. The van der Waals surface area contributed by atoms with Crippen LogP contribution in [-0.2, 0) is 18.3 Å². The second-order valence-corrected chi connectivity index (χ2v) is 4.86. The van der Waals surface area contributed by atoms with E-state index in [-0.39, 0.29) is 25.2 Å². The van der Waals surface area contributed by atoms with Crippen LogP contribution < -0.4 is 0 Å². The fourth-order valence-electron chi connectivity index (χ4n) is 0.622. The van der Waals surface area contributed by atoms with Crippen molar-refractivity contribution in [1.82, 2.24) is 0 Å². The van der Waals surface area contributed by atoms with Gasteiger partial charge >= 0.3 is 7.82 Å². The average molecular weight is 210 g/mol. The highest BCUT2D eigenvalue weighted by molar-refractivity contribution is 7.47. The van der Waals surface area contributed by atoms with Gasteiger partial charge in [0, 0.05) is 0 Å². The maximum absolute atomic E-state index is 11.1. The Labute approximate surface area is 77.6 Å². The van der Waals surface area contributed by atoms with Crippen molar-refractivity contribution in [3.05, 3.63) is 0 Å². The third-order valence-corrected chi connectivity index (χ3v) is 2.35. The van der Waals surface area contributed by atoms with Crippen LogP contribution in [0.15, 0.2) is 0 Å². The van der Waals surface area contributed by atoms with E-state index in [1.807, 2.05) is 13.8 Å². The van der Waals surface area contributed by atoms with Crippen molar-refractivity contribution in [3.63, 3.8) is 0 Å². The Hall–Kier alpha value is 0.0700. The Bertz CT molecular complexity index is 191. The first-order chi connectivity index (χ1) is 5.99. The molecular formula is C7H15O5P. The normalized spacial score (nSPS) is 26.0. The standard InChI is InChI=1S/C7H15O5P/c1-6(2)3-11-13(8,9)12-5-7-4-10-7/h6-7H,3-5H2,1-2H3,(H,8,9). The van der Waals surface area contributed by atoms with Gasteiger partial charge in [0.2, 0.25) is 0 Å². The van der Waals surface area contributed by atoms with E-state index in [1.165, 1.54) is 0 Å². The van der Waals surface area contributed by atoms with Crippen LogP contribution >= 0.6 is 7.82 Å². The number of hydrogen-bond donors (Lipinski definition) is 1. The van der Waals surface area contributed by atoms with Gasteiger partial charge in [-0.3, -0.25) is 9.05 Å². The minimum Gasteiger partial charge on any atom is -0.371 e. The molecule has 0 aromatic carbocycles. The zero-order chi connectivity index (χ0) is 9.90. The van der Waals surface area contributed by atoms with Crippen molar-refractivity contribution in [2.45, 2.75) is 20.0 Å². The van der Waals surface area contributed by atoms with Gasteiger partial charge in [-0.25, -0.2) is 4.57 Å². The molecule has 0 aromatic heterocycles. The minimum atomic E-state index is -3.84. The monoisotopic (exact) mass is 210 g/mol. The first kappa shape index (κ1) is 11.1. The van der Waals surface area contributed by atoms with E-state index in [2.05, 4.69) is 4.52 Å². The van der Waals surface area contributed by atoms with E-state index in [9.17, 15) is 4.57 Å². The summed E-state index contributed by atoms with van der Waals surface area (Å²) in [7, 11) is -3.84. The van der Waals surface area contributed by atoms with Gasteiger partial charge in [0.15, 0.2) is 0 Å². The summed E-state index contributed by atoms with van der Waals surface area (Å²) in [5.74, 6) is 0.209. The smallest absolute Gasteiger partial charge is 0.371 e. The molecular weight excluding hydrogens is 195 g/mol. The fraction of sp³-hybridized carbons (Fsp3) is 1.00. The Morgan fingerprint density at radius 1 is 1.62 bits per heavy atom. The molecule has 2 atom stereocenters. The molecule has 13 heavy (non-hydrogen) atoms. The quantitative estimate of drug-likeness (QED) is 0.526. The zero-order valence-electron chi connectivity index (χ0n) is 7.80. The maximum Gasteiger partial charge on any atom is 0.472 e. The molecule has 2 unspecified atom stereocenters. The molecule has 0 saturated carbocycles. The molecule has 78 valence electrons. The molecule has 0 bridgehead atoms. The average Bonchev–Trinajstić information content (AvgIpc) is 2.81. The van der Waals surface area contributed by atoms with Crippen LogP contribution in [0.4, 0.5) is 0 Å².